The third kappa shape index (κ3) is 5.01. The number of benzene rings is 1. The second-order valence-electron chi connectivity index (χ2n) is 5.11. The first-order valence-electron chi connectivity index (χ1n) is 7.03. The van der Waals surface area contributed by atoms with Gasteiger partial charge < -0.3 is 15.5 Å². The molecule has 1 aromatic rings. The van der Waals surface area contributed by atoms with E-state index in [0.717, 1.165) is 44.8 Å². The smallest absolute Gasteiger partial charge is 0.224 e. The summed E-state index contributed by atoms with van der Waals surface area (Å²) in [7, 11) is 0. The molecule has 1 saturated heterocycles. The molecule has 1 amide bonds. The lowest BCUT2D eigenvalue weighted by Gasteiger charge is -2.26. The first kappa shape index (κ1) is 14.0. The lowest BCUT2D eigenvalue weighted by molar-refractivity contribution is -0.116. The van der Waals surface area contributed by atoms with Crippen LogP contribution in [0.5, 0.6) is 0 Å². The van der Waals surface area contributed by atoms with E-state index in [1.54, 1.807) is 0 Å². The second kappa shape index (κ2) is 7.26. The summed E-state index contributed by atoms with van der Waals surface area (Å²) in [4.78, 5) is 14.2. The highest BCUT2D eigenvalue weighted by Gasteiger charge is 2.09. The highest BCUT2D eigenvalue weighted by atomic mass is 16.1. The summed E-state index contributed by atoms with van der Waals surface area (Å²) in [5.74, 6) is 0.112. The lowest BCUT2D eigenvalue weighted by atomic mass is 10.2. The van der Waals surface area contributed by atoms with E-state index in [9.17, 15) is 4.79 Å². The van der Waals surface area contributed by atoms with Crippen LogP contribution in [-0.4, -0.2) is 43.5 Å². The number of carbonyl (C=O) groups is 1. The molecule has 0 bridgehead atoms. The molecule has 2 rings (SSSR count). The van der Waals surface area contributed by atoms with Crippen molar-refractivity contribution in [3.63, 3.8) is 0 Å². The molecule has 19 heavy (non-hydrogen) atoms. The van der Waals surface area contributed by atoms with Crippen molar-refractivity contribution in [3.8, 4) is 0 Å². The van der Waals surface area contributed by atoms with Gasteiger partial charge in [0.1, 0.15) is 0 Å². The zero-order chi connectivity index (χ0) is 13.5. The molecule has 1 fully saturated rings. The molecule has 1 aromatic carbocycles. The number of piperazine rings is 1. The SMILES string of the molecule is Cc1cccc(NC(=O)CCCN2CCNCC2)c1. The van der Waals surface area contributed by atoms with Crippen LogP contribution in [0.4, 0.5) is 5.69 Å². The normalized spacial score (nSPS) is 16.3. The fourth-order valence-corrected chi connectivity index (χ4v) is 2.34. The molecular formula is C15H23N3O. The zero-order valence-electron chi connectivity index (χ0n) is 11.6. The molecule has 104 valence electrons. The van der Waals surface area contributed by atoms with E-state index < -0.39 is 0 Å². The quantitative estimate of drug-likeness (QED) is 0.846. The van der Waals surface area contributed by atoms with Crippen molar-refractivity contribution in [1.82, 2.24) is 10.2 Å². The maximum Gasteiger partial charge on any atom is 0.224 e. The molecule has 2 N–H and O–H groups in total. The highest BCUT2D eigenvalue weighted by molar-refractivity contribution is 5.90. The summed E-state index contributed by atoms with van der Waals surface area (Å²) in [5.41, 5.74) is 2.06. The third-order valence-corrected chi connectivity index (χ3v) is 3.39. The fourth-order valence-electron chi connectivity index (χ4n) is 2.34. The van der Waals surface area contributed by atoms with Gasteiger partial charge in [-0.15, -0.1) is 0 Å². The summed E-state index contributed by atoms with van der Waals surface area (Å²) < 4.78 is 0. The van der Waals surface area contributed by atoms with Crippen LogP contribution in [0.2, 0.25) is 0 Å². The monoisotopic (exact) mass is 261 g/mol. The molecule has 0 spiro atoms. The van der Waals surface area contributed by atoms with Crippen LogP contribution < -0.4 is 10.6 Å². The zero-order valence-corrected chi connectivity index (χ0v) is 11.6. The van der Waals surface area contributed by atoms with Crippen molar-refractivity contribution in [1.29, 1.82) is 0 Å². The van der Waals surface area contributed by atoms with E-state index >= 15 is 0 Å². The number of nitrogens with zero attached hydrogens (tertiary/aromatic N) is 1. The summed E-state index contributed by atoms with van der Waals surface area (Å²) in [6.45, 7) is 7.37. The average Bonchev–Trinajstić information content (AvgIpc) is 2.40. The number of rotatable bonds is 5. The van der Waals surface area contributed by atoms with Crippen LogP contribution in [0.3, 0.4) is 0 Å². The van der Waals surface area contributed by atoms with Crippen LogP contribution in [0, 0.1) is 6.92 Å². The van der Waals surface area contributed by atoms with Gasteiger partial charge in [-0.3, -0.25) is 4.79 Å². The van der Waals surface area contributed by atoms with E-state index in [2.05, 4.69) is 15.5 Å². The minimum atomic E-state index is 0.112. The van der Waals surface area contributed by atoms with E-state index in [0.29, 0.717) is 6.42 Å². The molecule has 0 aliphatic carbocycles. The third-order valence-electron chi connectivity index (χ3n) is 3.39. The number of hydrogen-bond acceptors (Lipinski definition) is 3. The summed E-state index contributed by atoms with van der Waals surface area (Å²) in [5, 5.41) is 6.28. The van der Waals surface area contributed by atoms with Gasteiger partial charge in [-0.25, -0.2) is 0 Å². The number of aryl methyl sites for hydroxylation is 1. The standard InChI is InChI=1S/C15H23N3O/c1-13-4-2-5-14(12-13)17-15(19)6-3-9-18-10-7-16-8-11-18/h2,4-5,12,16H,3,6-11H2,1H3,(H,17,19). The average molecular weight is 261 g/mol. The minimum absolute atomic E-state index is 0.112. The van der Waals surface area contributed by atoms with Crippen molar-refractivity contribution in [2.45, 2.75) is 19.8 Å². The molecular weight excluding hydrogens is 238 g/mol. The van der Waals surface area contributed by atoms with Crippen molar-refractivity contribution in [2.24, 2.45) is 0 Å². The Morgan fingerprint density at radius 3 is 2.89 bits per heavy atom. The molecule has 4 heteroatoms. The number of amides is 1. The highest BCUT2D eigenvalue weighted by Crippen LogP contribution is 2.10. The van der Waals surface area contributed by atoms with Crippen LogP contribution in [-0.2, 0) is 4.79 Å². The van der Waals surface area contributed by atoms with Crippen molar-refractivity contribution >= 4 is 11.6 Å². The maximum atomic E-state index is 11.8. The first-order valence-corrected chi connectivity index (χ1v) is 7.03. The number of nitrogens with one attached hydrogen (secondary N) is 2. The molecule has 1 aliphatic heterocycles. The van der Waals surface area contributed by atoms with E-state index in [-0.39, 0.29) is 5.91 Å². The van der Waals surface area contributed by atoms with E-state index in [1.165, 1.54) is 5.56 Å². The molecule has 0 saturated carbocycles. The summed E-state index contributed by atoms with van der Waals surface area (Å²) >= 11 is 0. The van der Waals surface area contributed by atoms with Crippen molar-refractivity contribution < 1.29 is 4.79 Å². The van der Waals surface area contributed by atoms with Crippen LogP contribution >= 0.6 is 0 Å². The Bertz CT molecular complexity index is 414. The van der Waals surface area contributed by atoms with Gasteiger partial charge in [0, 0.05) is 38.3 Å². The topological polar surface area (TPSA) is 44.4 Å². The Morgan fingerprint density at radius 2 is 2.16 bits per heavy atom. The van der Waals surface area contributed by atoms with Gasteiger partial charge in [-0.05, 0) is 37.6 Å². The van der Waals surface area contributed by atoms with Gasteiger partial charge in [0.05, 0.1) is 0 Å². The fraction of sp³-hybridized carbons (Fsp3) is 0.533. The predicted molar refractivity (Wildman–Crippen MR) is 78.4 cm³/mol. The Balaban J connectivity index is 1.67. The summed E-state index contributed by atoms with van der Waals surface area (Å²) in [6.07, 6.45) is 1.52. The molecule has 1 aliphatic rings. The first-order chi connectivity index (χ1) is 9.24. The van der Waals surface area contributed by atoms with Gasteiger partial charge >= 0.3 is 0 Å². The van der Waals surface area contributed by atoms with E-state index in [1.807, 2.05) is 31.2 Å². The Labute approximate surface area is 115 Å². The van der Waals surface area contributed by atoms with Crippen molar-refractivity contribution in [3.05, 3.63) is 29.8 Å². The Kier molecular flexibility index (Phi) is 5.36. The molecule has 0 aromatic heterocycles. The molecule has 0 radical (unpaired) electrons. The lowest BCUT2D eigenvalue weighted by Crippen LogP contribution is -2.43. The van der Waals surface area contributed by atoms with Crippen LogP contribution in [0.25, 0.3) is 0 Å². The Hall–Kier alpha value is -1.39. The van der Waals surface area contributed by atoms with Crippen LogP contribution in [0.15, 0.2) is 24.3 Å². The second-order valence-corrected chi connectivity index (χ2v) is 5.11. The van der Waals surface area contributed by atoms with Crippen molar-refractivity contribution in [2.75, 3.05) is 38.0 Å². The maximum absolute atomic E-state index is 11.8. The largest absolute Gasteiger partial charge is 0.326 e. The number of carbonyl (C=O) groups excluding carboxylic acids is 1. The van der Waals surface area contributed by atoms with Crippen LogP contribution in [0.1, 0.15) is 18.4 Å². The minimum Gasteiger partial charge on any atom is -0.326 e. The predicted octanol–water partition coefficient (Wildman–Crippen LogP) is 1.62. The summed E-state index contributed by atoms with van der Waals surface area (Å²) in [6, 6.07) is 7.92. The molecule has 0 atom stereocenters. The van der Waals surface area contributed by atoms with Gasteiger partial charge in [-0.2, -0.15) is 0 Å². The molecule has 1 heterocycles. The Morgan fingerprint density at radius 1 is 1.37 bits per heavy atom. The molecule has 4 nitrogen and oxygen atoms in total. The number of anilines is 1. The van der Waals surface area contributed by atoms with Gasteiger partial charge in [-0.1, -0.05) is 12.1 Å². The molecule has 0 unspecified atom stereocenters. The number of hydrogen-bond donors (Lipinski definition) is 2. The van der Waals surface area contributed by atoms with E-state index in [4.69, 9.17) is 0 Å². The van der Waals surface area contributed by atoms with Gasteiger partial charge in [0.2, 0.25) is 5.91 Å². The van der Waals surface area contributed by atoms with Gasteiger partial charge in [0.25, 0.3) is 0 Å². The van der Waals surface area contributed by atoms with Gasteiger partial charge in [0.15, 0.2) is 0 Å².